The summed E-state index contributed by atoms with van der Waals surface area (Å²) < 4.78 is 3.44. The van der Waals surface area contributed by atoms with Crippen LogP contribution in [-0.4, -0.2) is 24.1 Å². The van der Waals surface area contributed by atoms with Crippen molar-refractivity contribution in [3.05, 3.63) is 63.3 Å². The number of rotatable bonds is 3. The summed E-state index contributed by atoms with van der Waals surface area (Å²) in [6.45, 7) is 1.97. The molecule has 6 nitrogen and oxygen atoms in total. The number of benzene rings is 1. The van der Waals surface area contributed by atoms with Gasteiger partial charge in [-0.1, -0.05) is 35.0 Å². The number of aryl methyl sites for hydroxylation is 2. The van der Waals surface area contributed by atoms with Crippen LogP contribution in [0.5, 0.6) is 0 Å². The zero-order valence-electron chi connectivity index (χ0n) is 13.6. The molecule has 3 aromatic heterocycles. The molecular weight excluding hydrogens is 358 g/mol. The molecule has 0 amide bonds. The average Bonchev–Trinajstić information content (AvgIpc) is 3.03. The molecule has 0 saturated carbocycles. The SMILES string of the molecule is Cc1ccc2c(c1)c(=O)n(C)c1nnc(CSc3ncccc3Cl)n21. The molecule has 0 saturated heterocycles. The number of pyridine rings is 1. The van der Waals surface area contributed by atoms with Crippen LogP contribution in [0.3, 0.4) is 0 Å². The van der Waals surface area contributed by atoms with Crippen molar-refractivity contribution >= 4 is 40.0 Å². The highest BCUT2D eigenvalue weighted by molar-refractivity contribution is 7.98. The van der Waals surface area contributed by atoms with E-state index < -0.39 is 0 Å². The van der Waals surface area contributed by atoms with Gasteiger partial charge in [-0.25, -0.2) is 4.98 Å². The normalized spacial score (nSPS) is 11.5. The van der Waals surface area contributed by atoms with Gasteiger partial charge in [0.05, 0.1) is 21.7 Å². The van der Waals surface area contributed by atoms with Crippen LogP contribution in [0.25, 0.3) is 16.7 Å². The van der Waals surface area contributed by atoms with Crippen LogP contribution >= 0.6 is 23.4 Å². The van der Waals surface area contributed by atoms with Gasteiger partial charge in [-0.05, 0) is 31.2 Å². The highest BCUT2D eigenvalue weighted by Gasteiger charge is 2.15. The molecular formula is C17H14ClN5OS. The number of fused-ring (bicyclic) bond motifs is 3. The lowest BCUT2D eigenvalue weighted by atomic mass is 10.1. The van der Waals surface area contributed by atoms with Crippen LogP contribution in [-0.2, 0) is 12.8 Å². The molecule has 0 spiro atoms. The lowest BCUT2D eigenvalue weighted by Crippen LogP contribution is -2.20. The van der Waals surface area contributed by atoms with Crippen molar-refractivity contribution in [3.8, 4) is 0 Å². The van der Waals surface area contributed by atoms with Crippen molar-refractivity contribution in [3.63, 3.8) is 0 Å². The van der Waals surface area contributed by atoms with Gasteiger partial charge in [0.1, 0.15) is 10.9 Å². The van der Waals surface area contributed by atoms with E-state index in [-0.39, 0.29) is 5.56 Å². The third-order valence-electron chi connectivity index (χ3n) is 4.00. The number of hydrogen-bond acceptors (Lipinski definition) is 5. The van der Waals surface area contributed by atoms with Crippen molar-refractivity contribution in [2.45, 2.75) is 17.7 Å². The van der Waals surface area contributed by atoms with E-state index in [2.05, 4.69) is 15.2 Å². The van der Waals surface area contributed by atoms with Gasteiger partial charge >= 0.3 is 0 Å². The summed E-state index contributed by atoms with van der Waals surface area (Å²) in [5, 5.41) is 10.5. The van der Waals surface area contributed by atoms with Crippen LogP contribution in [0, 0.1) is 6.92 Å². The first-order valence-corrected chi connectivity index (χ1v) is 8.99. The maximum Gasteiger partial charge on any atom is 0.262 e. The smallest absolute Gasteiger partial charge is 0.262 e. The highest BCUT2D eigenvalue weighted by Crippen LogP contribution is 2.27. The molecule has 0 atom stereocenters. The average molecular weight is 372 g/mol. The van der Waals surface area contributed by atoms with Crippen LogP contribution < -0.4 is 5.56 Å². The molecule has 25 heavy (non-hydrogen) atoms. The maximum absolute atomic E-state index is 12.6. The van der Waals surface area contributed by atoms with E-state index in [9.17, 15) is 4.79 Å². The zero-order chi connectivity index (χ0) is 17.6. The molecule has 8 heteroatoms. The second kappa shape index (κ2) is 6.16. The number of aromatic nitrogens is 5. The van der Waals surface area contributed by atoms with Gasteiger partial charge in [-0.2, -0.15) is 0 Å². The van der Waals surface area contributed by atoms with Crippen molar-refractivity contribution in [2.75, 3.05) is 0 Å². The number of thioether (sulfide) groups is 1. The monoisotopic (exact) mass is 371 g/mol. The van der Waals surface area contributed by atoms with E-state index in [0.717, 1.165) is 21.9 Å². The first kappa shape index (κ1) is 16.1. The Morgan fingerprint density at radius 3 is 2.88 bits per heavy atom. The number of hydrogen-bond donors (Lipinski definition) is 0. The van der Waals surface area contributed by atoms with Gasteiger partial charge in [-0.3, -0.25) is 13.8 Å². The molecule has 0 aliphatic carbocycles. The molecule has 0 bridgehead atoms. The van der Waals surface area contributed by atoms with Crippen molar-refractivity contribution in [1.29, 1.82) is 0 Å². The molecule has 0 N–H and O–H groups in total. The Balaban J connectivity index is 1.87. The van der Waals surface area contributed by atoms with E-state index >= 15 is 0 Å². The van der Waals surface area contributed by atoms with Gasteiger partial charge < -0.3 is 0 Å². The van der Waals surface area contributed by atoms with Crippen LogP contribution in [0.15, 0.2) is 46.3 Å². The summed E-state index contributed by atoms with van der Waals surface area (Å²) >= 11 is 7.66. The zero-order valence-corrected chi connectivity index (χ0v) is 15.2. The molecule has 0 fully saturated rings. The lowest BCUT2D eigenvalue weighted by Gasteiger charge is -2.08. The molecule has 0 aliphatic heterocycles. The van der Waals surface area contributed by atoms with E-state index in [4.69, 9.17) is 11.6 Å². The summed E-state index contributed by atoms with van der Waals surface area (Å²) in [4.78, 5) is 16.9. The largest absolute Gasteiger partial charge is 0.279 e. The second-order valence-corrected chi connectivity index (χ2v) is 7.09. The Morgan fingerprint density at radius 2 is 2.08 bits per heavy atom. The molecule has 0 aliphatic rings. The minimum atomic E-state index is -0.0782. The standard InChI is InChI=1S/C17H14ClN5OS/c1-10-5-6-13-11(8-10)16(24)22(2)17-21-20-14(23(13)17)9-25-15-12(18)4-3-7-19-15/h3-8H,9H2,1-2H3. The molecule has 4 aromatic rings. The summed E-state index contributed by atoms with van der Waals surface area (Å²) in [5.74, 6) is 1.80. The van der Waals surface area contributed by atoms with E-state index in [1.165, 1.54) is 16.3 Å². The van der Waals surface area contributed by atoms with Crippen LogP contribution in [0.4, 0.5) is 0 Å². The molecule has 0 unspecified atom stereocenters. The van der Waals surface area contributed by atoms with Crippen LogP contribution in [0.2, 0.25) is 5.02 Å². The first-order chi connectivity index (χ1) is 12.1. The third kappa shape index (κ3) is 2.69. The quantitative estimate of drug-likeness (QED) is 0.517. The van der Waals surface area contributed by atoms with E-state index in [0.29, 0.717) is 21.9 Å². The molecule has 3 heterocycles. The van der Waals surface area contributed by atoms with Crippen molar-refractivity contribution < 1.29 is 0 Å². The summed E-state index contributed by atoms with van der Waals surface area (Å²) in [6, 6.07) is 9.41. The van der Waals surface area contributed by atoms with Gasteiger partial charge in [0.2, 0.25) is 5.78 Å². The van der Waals surface area contributed by atoms with Gasteiger partial charge in [0.25, 0.3) is 5.56 Å². The predicted octanol–water partition coefficient (Wildman–Crippen LogP) is 3.23. The Morgan fingerprint density at radius 1 is 1.24 bits per heavy atom. The van der Waals surface area contributed by atoms with Crippen molar-refractivity contribution in [1.82, 2.24) is 24.1 Å². The Bertz CT molecular complexity index is 1170. The minimum Gasteiger partial charge on any atom is -0.279 e. The fourth-order valence-corrected chi connectivity index (χ4v) is 3.84. The van der Waals surface area contributed by atoms with Crippen molar-refractivity contribution in [2.24, 2.45) is 7.05 Å². The topological polar surface area (TPSA) is 65.1 Å². The Kier molecular flexibility index (Phi) is 3.97. The van der Waals surface area contributed by atoms with Gasteiger partial charge in [0.15, 0.2) is 0 Å². The summed E-state index contributed by atoms with van der Waals surface area (Å²) in [5.41, 5.74) is 1.76. The molecule has 1 aromatic carbocycles. The molecule has 4 rings (SSSR count). The van der Waals surface area contributed by atoms with Gasteiger partial charge in [0, 0.05) is 13.2 Å². The first-order valence-electron chi connectivity index (χ1n) is 7.63. The maximum atomic E-state index is 12.6. The number of nitrogens with zero attached hydrogens (tertiary/aromatic N) is 5. The Labute approximate surface area is 152 Å². The summed E-state index contributed by atoms with van der Waals surface area (Å²) in [7, 11) is 1.71. The van der Waals surface area contributed by atoms with Gasteiger partial charge in [-0.15, -0.1) is 10.2 Å². The second-order valence-electron chi connectivity index (χ2n) is 5.72. The highest BCUT2D eigenvalue weighted by atomic mass is 35.5. The number of halogens is 1. The van der Waals surface area contributed by atoms with E-state index in [1.807, 2.05) is 29.5 Å². The Hall–Kier alpha value is -2.38. The fraction of sp³-hybridized carbons (Fsp3) is 0.176. The predicted molar refractivity (Wildman–Crippen MR) is 99.3 cm³/mol. The summed E-state index contributed by atoms with van der Waals surface area (Å²) in [6.07, 6.45) is 1.71. The molecule has 126 valence electrons. The minimum absolute atomic E-state index is 0.0782. The molecule has 0 radical (unpaired) electrons. The fourth-order valence-electron chi connectivity index (χ4n) is 2.76. The third-order valence-corrected chi connectivity index (χ3v) is 5.42. The van der Waals surface area contributed by atoms with Crippen LogP contribution in [0.1, 0.15) is 11.4 Å². The lowest BCUT2D eigenvalue weighted by molar-refractivity contribution is 0.857. The van der Waals surface area contributed by atoms with E-state index in [1.54, 1.807) is 25.4 Å².